The van der Waals surface area contributed by atoms with Crippen molar-refractivity contribution >= 4 is 30.4 Å². The number of nitrogens with zero attached hydrogens (tertiary/aromatic N) is 3. The number of imide groups is 1. The molecule has 1 aliphatic carbocycles. The number of ether oxygens (including phenoxy) is 2. The van der Waals surface area contributed by atoms with Crippen molar-refractivity contribution in [3.05, 3.63) is 82.1 Å². The predicted octanol–water partition coefficient (Wildman–Crippen LogP) is 4.77. The Kier molecular flexibility index (Phi) is 11.1. The lowest BCUT2D eigenvalue weighted by atomic mass is 9.78. The summed E-state index contributed by atoms with van der Waals surface area (Å²) in [6, 6.07) is 10.5. The lowest BCUT2D eigenvalue weighted by Gasteiger charge is -2.47. The summed E-state index contributed by atoms with van der Waals surface area (Å²) < 4.78 is 38.1. The van der Waals surface area contributed by atoms with Crippen molar-refractivity contribution in [3.8, 4) is 6.07 Å². The van der Waals surface area contributed by atoms with Gasteiger partial charge in [0, 0.05) is 38.7 Å². The summed E-state index contributed by atoms with van der Waals surface area (Å²) in [4.78, 5) is 42.7. The highest BCUT2D eigenvalue weighted by atomic mass is 35.5. The van der Waals surface area contributed by atoms with Gasteiger partial charge in [-0.2, -0.15) is 5.26 Å². The maximum absolute atomic E-state index is 14.3. The van der Waals surface area contributed by atoms with Gasteiger partial charge < -0.3 is 20.1 Å². The van der Waals surface area contributed by atoms with Crippen molar-refractivity contribution in [2.75, 3.05) is 40.5 Å². The molecule has 13 heteroatoms. The van der Waals surface area contributed by atoms with E-state index in [0.717, 1.165) is 74.0 Å². The molecule has 2 aromatic rings. The molecule has 0 unspecified atom stereocenters. The summed E-state index contributed by atoms with van der Waals surface area (Å²) in [6.45, 7) is 1.68. The van der Waals surface area contributed by atoms with E-state index in [-0.39, 0.29) is 48.3 Å². The number of amides is 4. The van der Waals surface area contributed by atoms with Crippen LogP contribution in [0, 0.1) is 28.9 Å². The van der Waals surface area contributed by atoms with Crippen molar-refractivity contribution in [1.29, 1.82) is 5.26 Å². The number of esters is 1. The molecular weight excluding hydrogens is 608 g/mol. The molecule has 2 N–H and O–H groups in total. The van der Waals surface area contributed by atoms with E-state index in [1.165, 1.54) is 13.2 Å². The lowest BCUT2D eigenvalue weighted by Crippen LogP contribution is -2.59. The summed E-state index contributed by atoms with van der Waals surface area (Å²) in [5.74, 6) is -2.62. The van der Waals surface area contributed by atoms with Crippen LogP contribution in [0.3, 0.4) is 0 Å². The molecule has 2 heterocycles. The summed E-state index contributed by atoms with van der Waals surface area (Å²) in [5.41, 5.74) is 1.82. The Morgan fingerprint density at radius 3 is 2.42 bits per heavy atom. The van der Waals surface area contributed by atoms with Gasteiger partial charge in [0.25, 0.3) is 0 Å². The number of halogens is 3. The Morgan fingerprint density at radius 1 is 1.07 bits per heavy atom. The molecule has 0 bridgehead atoms. The quantitative estimate of drug-likeness (QED) is 0.398. The predicted molar refractivity (Wildman–Crippen MR) is 162 cm³/mol. The molecule has 2 aliphatic heterocycles. The highest BCUT2D eigenvalue weighted by Crippen LogP contribution is 2.38. The van der Waals surface area contributed by atoms with Gasteiger partial charge in [-0.3, -0.25) is 4.90 Å². The number of rotatable bonds is 8. The molecule has 1 saturated carbocycles. The molecule has 10 nitrogen and oxygen atoms in total. The smallest absolute Gasteiger partial charge is 0.338 e. The molecule has 0 aromatic heterocycles. The van der Waals surface area contributed by atoms with E-state index in [9.17, 15) is 28.4 Å². The van der Waals surface area contributed by atoms with Crippen LogP contribution in [0.2, 0.25) is 0 Å². The fourth-order valence-electron chi connectivity index (χ4n) is 6.54. The van der Waals surface area contributed by atoms with Crippen LogP contribution >= 0.6 is 12.4 Å². The molecule has 0 spiro atoms. The van der Waals surface area contributed by atoms with E-state index < -0.39 is 35.7 Å². The lowest BCUT2D eigenvalue weighted by molar-refractivity contribution is -0.137. The fraction of sp³-hybridized carbons (Fsp3) is 0.438. The van der Waals surface area contributed by atoms with E-state index in [4.69, 9.17) is 9.47 Å². The van der Waals surface area contributed by atoms with Crippen LogP contribution in [0.15, 0.2) is 53.7 Å². The zero-order valence-corrected chi connectivity index (χ0v) is 25.9. The second kappa shape index (κ2) is 14.8. The monoisotopic (exact) mass is 643 g/mol. The van der Waals surface area contributed by atoms with E-state index in [1.807, 2.05) is 24.3 Å². The van der Waals surface area contributed by atoms with Crippen molar-refractivity contribution < 1.29 is 32.6 Å². The molecular formula is C32H36ClF2N5O5. The van der Waals surface area contributed by atoms with Crippen LogP contribution in [0.25, 0.3) is 0 Å². The number of methoxy groups -OCH3 is 2. The molecule has 1 atom stereocenters. The van der Waals surface area contributed by atoms with Gasteiger partial charge in [0.1, 0.15) is 6.04 Å². The molecule has 2 fully saturated rings. The Bertz CT molecular complexity index is 1500. The first-order valence-corrected chi connectivity index (χ1v) is 14.6. The van der Waals surface area contributed by atoms with Gasteiger partial charge in [-0.05, 0) is 60.9 Å². The van der Waals surface area contributed by atoms with Gasteiger partial charge in [0.05, 0.1) is 36.6 Å². The van der Waals surface area contributed by atoms with E-state index in [0.29, 0.717) is 12.0 Å². The average molecular weight is 644 g/mol. The van der Waals surface area contributed by atoms with Crippen LogP contribution in [0.1, 0.15) is 54.3 Å². The number of benzene rings is 2. The van der Waals surface area contributed by atoms with Crippen LogP contribution in [0.4, 0.5) is 18.4 Å². The standard InChI is InChI=1S/C32H35F2N5O5.ClH/c1-43-18-27-28(30(40)44-2)29(21-9-12-25(33)26(34)13-21)39(32(42)37-27)31(41)36-15-19-16-38(17-19)23-10-7-20(8-11-23)24-6-4-3-5-22(24)14-35;/h3-6,9,12-13,19-20,23,29H,7-8,10-11,15-18H2,1-2H3,(H,36,41)(H,37,42);1H/t20?,23?,29-;/m0./s1. The molecule has 3 aliphatic rings. The molecule has 2 aromatic carbocycles. The maximum atomic E-state index is 14.3. The number of hydrogen-bond donors (Lipinski definition) is 2. The second-order valence-corrected chi connectivity index (χ2v) is 11.4. The minimum absolute atomic E-state index is 0. The number of carbonyl (C=O) groups is 3. The minimum atomic E-state index is -1.38. The van der Waals surface area contributed by atoms with E-state index >= 15 is 0 Å². The number of carbonyl (C=O) groups excluding carboxylic acids is 3. The maximum Gasteiger partial charge on any atom is 0.338 e. The van der Waals surface area contributed by atoms with E-state index in [1.54, 1.807) is 0 Å². The molecule has 4 amide bonds. The highest BCUT2D eigenvalue weighted by molar-refractivity contribution is 6.01. The molecule has 45 heavy (non-hydrogen) atoms. The van der Waals surface area contributed by atoms with Crippen LogP contribution in [-0.4, -0.2) is 74.3 Å². The largest absolute Gasteiger partial charge is 0.466 e. The summed E-state index contributed by atoms with van der Waals surface area (Å²) in [7, 11) is 2.50. The van der Waals surface area contributed by atoms with Crippen molar-refractivity contribution in [1.82, 2.24) is 20.4 Å². The first-order chi connectivity index (χ1) is 21.2. The number of urea groups is 2. The van der Waals surface area contributed by atoms with Gasteiger partial charge in [-0.1, -0.05) is 24.3 Å². The van der Waals surface area contributed by atoms with Gasteiger partial charge in [-0.25, -0.2) is 28.1 Å². The number of hydrogen-bond acceptors (Lipinski definition) is 7. The first kappa shape index (κ1) is 33.8. The van der Waals surface area contributed by atoms with Crippen molar-refractivity contribution in [2.24, 2.45) is 5.92 Å². The number of nitriles is 1. The topological polar surface area (TPSA) is 124 Å². The van der Waals surface area contributed by atoms with E-state index in [2.05, 4.69) is 21.6 Å². The number of nitrogens with one attached hydrogen (secondary N) is 2. The normalized spacial score (nSPS) is 22.1. The molecule has 5 rings (SSSR count). The third-order valence-electron chi connectivity index (χ3n) is 8.77. The van der Waals surface area contributed by atoms with Crippen molar-refractivity contribution in [3.63, 3.8) is 0 Å². The van der Waals surface area contributed by atoms with Crippen LogP contribution < -0.4 is 10.6 Å². The molecule has 0 radical (unpaired) electrons. The fourth-order valence-corrected chi connectivity index (χ4v) is 6.54. The average Bonchev–Trinajstić information content (AvgIpc) is 3.01. The third-order valence-corrected chi connectivity index (χ3v) is 8.77. The van der Waals surface area contributed by atoms with Gasteiger partial charge in [0.2, 0.25) is 0 Å². The van der Waals surface area contributed by atoms with Crippen LogP contribution in [0.5, 0.6) is 0 Å². The second-order valence-electron chi connectivity index (χ2n) is 11.4. The van der Waals surface area contributed by atoms with Gasteiger partial charge in [-0.15, -0.1) is 12.4 Å². The Balaban J connectivity index is 0.00000461. The minimum Gasteiger partial charge on any atom is -0.466 e. The van der Waals surface area contributed by atoms with Crippen LogP contribution in [-0.2, 0) is 14.3 Å². The third kappa shape index (κ3) is 7.11. The van der Waals surface area contributed by atoms with Gasteiger partial charge >= 0.3 is 18.0 Å². The first-order valence-electron chi connectivity index (χ1n) is 14.6. The summed E-state index contributed by atoms with van der Waals surface area (Å²) >= 11 is 0. The van der Waals surface area contributed by atoms with Gasteiger partial charge in [0.15, 0.2) is 11.6 Å². The zero-order valence-electron chi connectivity index (χ0n) is 25.1. The van der Waals surface area contributed by atoms with Crippen molar-refractivity contribution in [2.45, 2.75) is 43.7 Å². The Labute approximate surface area is 266 Å². The Hall–Kier alpha value is -4.05. The molecule has 1 saturated heterocycles. The summed E-state index contributed by atoms with van der Waals surface area (Å²) in [5, 5.41) is 14.8. The molecule has 240 valence electrons. The highest BCUT2D eigenvalue weighted by Gasteiger charge is 2.44. The Morgan fingerprint density at radius 2 is 1.78 bits per heavy atom. The zero-order chi connectivity index (χ0) is 31.4. The number of likely N-dealkylation sites (tertiary alicyclic amines) is 1. The SMILES string of the molecule is COCC1=C(C(=O)OC)[C@H](c2ccc(F)c(F)c2)N(C(=O)NCC2CN(C3CCC(c4ccccc4C#N)CC3)C2)C(=O)N1.Cl. The summed E-state index contributed by atoms with van der Waals surface area (Å²) in [6.07, 6.45) is 4.08.